The summed E-state index contributed by atoms with van der Waals surface area (Å²) in [6, 6.07) is 4.98. The highest BCUT2D eigenvalue weighted by Gasteiger charge is 2.51. The van der Waals surface area contributed by atoms with E-state index in [1.54, 1.807) is 0 Å². The summed E-state index contributed by atoms with van der Waals surface area (Å²) in [4.78, 5) is 17.3. The maximum absolute atomic E-state index is 14.4. The van der Waals surface area contributed by atoms with Crippen LogP contribution in [0.15, 0.2) is 0 Å². The van der Waals surface area contributed by atoms with Gasteiger partial charge in [-0.05, 0) is 50.6 Å². The van der Waals surface area contributed by atoms with Crippen molar-refractivity contribution in [1.82, 2.24) is 14.9 Å². The van der Waals surface area contributed by atoms with Crippen LogP contribution in [-0.4, -0.2) is 85.7 Å². The van der Waals surface area contributed by atoms with Crippen molar-refractivity contribution in [3.05, 3.63) is 21.6 Å². The lowest BCUT2D eigenvalue weighted by Crippen LogP contribution is -2.61. The molecule has 6 heterocycles. The van der Waals surface area contributed by atoms with Gasteiger partial charge in [-0.15, -0.1) is 11.3 Å². The average molecular weight is 579 g/mol. The zero-order chi connectivity index (χ0) is 28.2. The molecule has 0 radical (unpaired) electrons. The van der Waals surface area contributed by atoms with E-state index in [2.05, 4.69) is 26.8 Å². The molecule has 4 saturated heterocycles. The van der Waals surface area contributed by atoms with E-state index in [9.17, 15) is 14.9 Å². The SMILES string of the molecule is N#Cc1c(N2CCCOCC2)nc(OC[C@@]23CCCN2CC(F)C3)nc1N1CC2(CCCc3sc(N)c(C#N)c32)C1. The van der Waals surface area contributed by atoms with Crippen LogP contribution in [0.2, 0.25) is 0 Å². The summed E-state index contributed by atoms with van der Waals surface area (Å²) < 4.78 is 26.4. The van der Waals surface area contributed by atoms with Gasteiger partial charge >= 0.3 is 6.01 Å². The van der Waals surface area contributed by atoms with Crippen molar-refractivity contribution in [3.8, 4) is 18.1 Å². The molecule has 2 atom stereocenters. The lowest BCUT2D eigenvalue weighted by Gasteiger charge is -2.53. The van der Waals surface area contributed by atoms with Gasteiger partial charge in [0, 0.05) is 56.0 Å². The van der Waals surface area contributed by atoms with Crippen LogP contribution in [0.3, 0.4) is 0 Å². The Kier molecular flexibility index (Phi) is 6.68. The van der Waals surface area contributed by atoms with Crippen LogP contribution in [0.1, 0.15) is 60.1 Å². The smallest absolute Gasteiger partial charge is 0.320 e. The van der Waals surface area contributed by atoms with Crippen molar-refractivity contribution in [2.75, 3.05) is 74.6 Å². The third-order valence-electron chi connectivity index (χ3n) is 9.71. The van der Waals surface area contributed by atoms with Gasteiger partial charge in [0.05, 0.1) is 17.7 Å². The summed E-state index contributed by atoms with van der Waals surface area (Å²) in [5, 5.41) is 20.9. The number of fused-ring (bicyclic) bond motifs is 3. The lowest BCUT2D eigenvalue weighted by atomic mass is 9.66. The average Bonchev–Trinajstić information content (AvgIpc) is 3.49. The fourth-order valence-corrected chi connectivity index (χ4v) is 9.04. The molecule has 2 aromatic rings. The second-order valence-corrected chi connectivity index (χ2v) is 13.3. The Hall–Kier alpha value is -3.19. The molecule has 2 N–H and O–H groups in total. The standard InChI is InChI=1S/C29H35FN8O2S/c30-19-12-29(6-2-8-38(29)15-19)18-40-27-34-25(36-7-3-10-39-11-9-36)21(14-32)26(35-27)37-16-28(17-37)5-1-4-22-23(28)20(13-31)24(33)41-22/h19H,1-12,15-18,33H2/t19?,29-/m0/s1. The molecule has 5 aliphatic rings. The molecule has 2 aromatic heterocycles. The second-order valence-electron chi connectivity index (χ2n) is 12.2. The molecule has 0 aromatic carbocycles. The van der Waals surface area contributed by atoms with Crippen LogP contribution in [0.5, 0.6) is 6.01 Å². The fourth-order valence-electron chi connectivity index (χ4n) is 7.85. The number of nitrogen functional groups attached to an aromatic ring is 1. The van der Waals surface area contributed by atoms with Crippen molar-refractivity contribution in [1.29, 1.82) is 10.5 Å². The summed E-state index contributed by atoms with van der Waals surface area (Å²) in [6.45, 7) is 5.55. The number of halogens is 1. The highest BCUT2D eigenvalue weighted by molar-refractivity contribution is 7.16. The Morgan fingerprint density at radius 2 is 1.83 bits per heavy atom. The van der Waals surface area contributed by atoms with Crippen LogP contribution in [0.25, 0.3) is 0 Å². The Bertz CT molecular complexity index is 1420. The first-order valence-electron chi connectivity index (χ1n) is 14.7. The Balaban J connectivity index is 1.22. The van der Waals surface area contributed by atoms with Crippen molar-refractivity contribution >= 4 is 28.0 Å². The minimum absolute atomic E-state index is 0.175. The fraction of sp³-hybridized carbons (Fsp3) is 0.655. The molecule has 0 bridgehead atoms. The molecular formula is C29H35FN8O2S. The van der Waals surface area contributed by atoms with Gasteiger partial charge in [-0.3, -0.25) is 4.90 Å². The Morgan fingerprint density at radius 3 is 2.63 bits per heavy atom. The molecule has 4 fully saturated rings. The number of alkyl halides is 1. The number of aromatic nitrogens is 2. The lowest BCUT2D eigenvalue weighted by molar-refractivity contribution is 0.107. The normalized spacial score (nSPS) is 27.0. The van der Waals surface area contributed by atoms with E-state index in [0.717, 1.165) is 57.2 Å². The van der Waals surface area contributed by atoms with Gasteiger partial charge in [0.1, 0.15) is 35.5 Å². The Morgan fingerprint density at radius 1 is 1.02 bits per heavy atom. The van der Waals surface area contributed by atoms with E-state index in [1.807, 2.05) is 0 Å². The molecule has 4 aliphatic heterocycles. The number of ether oxygens (including phenoxy) is 2. The first kappa shape index (κ1) is 26.7. The van der Waals surface area contributed by atoms with Crippen molar-refractivity contribution in [2.24, 2.45) is 0 Å². The number of nitriles is 2. The molecule has 1 aliphatic carbocycles. The number of hydrogen-bond acceptors (Lipinski definition) is 11. The number of aryl methyl sites for hydroxylation is 1. The number of hydrogen-bond donors (Lipinski definition) is 1. The molecule has 1 spiro atoms. The highest BCUT2D eigenvalue weighted by Crippen LogP contribution is 2.51. The van der Waals surface area contributed by atoms with Crippen molar-refractivity contribution in [2.45, 2.75) is 62.1 Å². The molecular weight excluding hydrogens is 543 g/mol. The minimum atomic E-state index is -0.842. The van der Waals surface area contributed by atoms with E-state index in [4.69, 9.17) is 25.2 Å². The van der Waals surface area contributed by atoms with Gasteiger partial charge in [0.15, 0.2) is 11.6 Å². The molecule has 0 amide bonds. The maximum atomic E-state index is 14.4. The van der Waals surface area contributed by atoms with Crippen LogP contribution in [-0.2, 0) is 16.6 Å². The monoisotopic (exact) mass is 578 g/mol. The first-order valence-corrected chi connectivity index (χ1v) is 15.5. The minimum Gasteiger partial charge on any atom is -0.461 e. The summed E-state index contributed by atoms with van der Waals surface area (Å²) >= 11 is 1.54. The Labute approximate surface area is 243 Å². The van der Waals surface area contributed by atoms with Crippen LogP contribution in [0.4, 0.5) is 21.0 Å². The first-order chi connectivity index (χ1) is 19.9. The molecule has 0 saturated carbocycles. The summed E-state index contributed by atoms with van der Waals surface area (Å²) in [7, 11) is 0. The van der Waals surface area contributed by atoms with Crippen molar-refractivity contribution in [3.63, 3.8) is 0 Å². The third kappa shape index (κ3) is 4.39. The number of anilines is 3. The van der Waals surface area contributed by atoms with Crippen LogP contribution >= 0.6 is 11.3 Å². The summed E-state index contributed by atoms with van der Waals surface area (Å²) in [5.41, 5.74) is 7.90. The van der Waals surface area contributed by atoms with Gasteiger partial charge in [0.25, 0.3) is 0 Å². The van der Waals surface area contributed by atoms with E-state index in [-0.39, 0.29) is 17.0 Å². The van der Waals surface area contributed by atoms with Gasteiger partial charge < -0.3 is 25.0 Å². The van der Waals surface area contributed by atoms with Gasteiger partial charge in [-0.2, -0.15) is 20.5 Å². The molecule has 1 unspecified atom stereocenters. The highest BCUT2D eigenvalue weighted by atomic mass is 32.1. The van der Waals surface area contributed by atoms with E-state index < -0.39 is 6.17 Å². The summed E-state index contributed by atoms with van der Waals surface area (Å²) in [5.74, 6) is 1.13. The van der Waals surface area contributed by atoms with Gasteiger partial charge in [0.2, 0.25) is 0 Å². The zero-order valence-corrected chi connectivity index (χ0v) is 24.0. The molecule has 10 nitrogen and oxygen atoms in total. The number of nitrogens with zero attached hydrogens (tertiary/aromatic N) is 7. The predicted molar refractivity (Wildman–Crippen MR) is 153 cm³/mol. The van der Waals surface area contributed by atoms with Gasteiger partial charge in [-0.25, -0.2) is 4.39 Å². The van der Waals surface area contributed by atoms with Gasteiger partial charge in [-0.1, -0.05) is 0 Å². The molecule has 12 heteroatoms. The van der Waals surface area contributed by atoms with E-state index in [0.29, 0.717) is 80.2 Å². The zero-order valence-electron chi connectivity index (χ0n) is 23.2. The van der Waals surface area contributed by atoms with E-state index >= 15 is 0 Å². The van der Waals surface area contributed by atoms with Crippen LogP contribution < -0.4 is 20.3 Å². The second kappa shape index (κ2) is 10.3. The quantitative estimate of drug-likeness (QED) is 0.565. The van der Waals surface area contributed by atoms with Crippen molar-refractivity contribution < 1.29 is 13.9 Å². The third-order valence-corrected chi connectivity index (χ3v) is 10.8. The maximum Gasteiger partial charge on any atom is 0.320 e. The largest absolute Gasteiger partial charge is 0.461 e. The van der Waals surface area contributed by atoms with E-state index in [1.165, 1.54) is 16.2 Å². The topological polar surface area (TPSA) is 128 Å². The number of rotatable bonds is 5. The number of thiophene rings is 1. The molecule has 7 rings (SSSR count). The molecule has 216 valence electrons. The summed E-state index contributed by atoms with van der Waals surface area (Å²) in [6.07, 6.45) is 5.35. The number of nitrogens with two attached hydrogens (primary N) is 1. The molecule has 41 heavy (non-hydrogen) atoms. The van der Waals surface area contributed by atoms with Crippen LogP contribution in [0, 0.1) is 22.7 Å². The predicted octanol–water partition coefficient (Wildman–Crippen LogP) is 3.14.